The van der Waals surface area contributed by atoms with Crippen LogP contribution in [-0.4, -0.2) is 106 Å². The number of nitrogens with zero attached hydrogens (tertiary/aromatic N) is 8. The number of carbonyl (C=O) groups excluding carboxylic acids is 1. The Kier molecular flexibility index (Phi) is 8.90. The molecule has 3 aliphatic rings. The first-order chi connectivity index (χ1) is 25.1. The average molecular weight is 713 g/mol. The van der Waals surface area contributed by atoms with Gasteiger partial charge in [-0.25, -0.2) is 8.78 Å². The number of phenolic OH excluding ortho intramolecular Hbond substituents is 1. The zero-order valence-electron chi connectivity index (χ0n) is 29.7. The van der Waals surface area contributed by atoms with Gasteiger partial charge in [0, 0.05) is 64.0 Å². The summed E-state index contributed by atoms with van der Waals surface area (Å²) in [5, 5.41) is 16.7. The maximum Gasteiger partial charge on any atom is 0.319 e. The zero-order valence-corrected chi connectivity index (χ0v) is 29.7. The number of fused-ring (bicyclic) bond motifs is 3. The Morgan fingerprint density at radius 1 is 1.08 bits per heavy atom. The fourth-order valence-electron chi connectivity index (χ4n) is 7.50. The van der Waals surface area contributed by atoms with E-state index in [0.29, 0.717) is 85.5 Å². The van der Waals surface area contributed by atoms with Crippen molar-refractivity contribution in [3.8, 4) is 23.0 Å². The number of aromatic hydroxyl groups is 1. The molecule has 3 aromatic heterocycles. The standard InChI is InChI=1S/C38H42F2N8O4/c1-4-26-29(39)7-6-23-16-25(49)18-27(31(23)26)33-32(40)34-28(19-41-33)35(47-10-5-11-48-24(20-47)17-30(44-48)36(50)45(2)3)43-37(42-34)52-22-38(8-9-38)21-46-12-14-51-15-13-46/h6-7,16-19,49H,4-5,8-15,20-22H2,1-3H3. The normalized spacial score (nSPS) is 17.3. The molecule has 0 bridgehead atoms. The molecule has 1 saturated heterocycles. The molecule has 2 aromatic carbocycles. The van der Waals surface area contributed by atoms with Crippen LogP contribution in [0.25, 0.3) is 32.9 Å². The molecular weight excluding hydrogens is 670 g/mol. The summed E-state index contributed by atoms with van der Waals surface area (Å²) in [7, 11) is 3.38. The molecule has 5 aromatic rings. The van der Waals surface area contributed by atoms with Crippen molar-refractivity contribution in [1.29, 1.82) is 0 Å². The maximum atomic E-state index is 17.1. The fraction of sp³-hybridized carbons (Fsp3) is 0.447. The Morgan fingerprint density at radius 2 is 1.88 bits per heavy atom. The number of aryl methyl sites for hydroxylation is 2. The molecule has 5 heterocycles. The van der Waals surface area contributed by atoms with E-state index in [4.69, 9.17) is 14.5 Å². The highest BCUT2D eigenvalue weighted by atomic mass is 19.1. The topological polar surface area (TPSA) is 122 Å². The van der Waals surface area contributed by atoms with E-state index in [9.17, 15) is 9.90 Å². The number of hydrogen-bond donors (Lipinski definition) is 1. The van der Waals surface area contributed by atoms with Crippen LogP contribution in [0.2, 0.25) is 0 Å². The fourth-order valence-corrected chi connectivity index (χ4v) is 7.50. The molecule has 0 spiro atoms. The van der Waals surface area contributed by atoms with Crippen LogP contribution >= 0.6 is 0 Å². The van der Waals surface area contributed by atoms with Gasteiger partial charge in [-0.05, 0) is 66.3 Å². The van der Waals surface area contributed by atoms with E-state index in [-0.39, 0.29) is 39.9 Å². The molecule has 52 heavy (non-hydrogen) atoms. The Balaban J connectivity index is 1.22. The molecular formula is C38H42F2N8O4. The summed E-state index contributed by atoms with van der Waals surface area (Å²) < 4.78 is 45.9. The smallest absolute Gasteiger partial charge is 0.319 e. The first-order valence-corrected chi connectivity index (χ1v) is 17.9. The maximum absolute atomic E-state index is 17.1. The number of hydrogen-bond acceptors (Lipinski definition) is 10. The quantitative estimate of drug-likeness (QED) is 0.219. The predicted molar refractivity (Wildman–Crippen MR) is 192 cm³/mol. The summed E-state index contributed by atoms with van der Waals surface area (Å²) in [6.07, 6.45) is 4.62. The van der Waals surface area contributed by atoms with Crippen LogP contribution in [0.1, 0.15) is 47.9 Å². The van der Waals surface area contributed by atoms with Crippen LogP contribution in [0.15, 0.2) is 36.5 Å². The van der Waals surface area contributed by atoms with Crippen molar-refractivity contribution in [2.45, 2.75) is 45.7 Å². The second kappa shape index (κ2) is 13.6. The molecule has 272 valence electrons. The van der Waals surface area contributed by atoms with Crippen LogP contribution in [0.5, 0.6) is 11.8 Å². The van der Waals surface area contributed by atoms with Gasteiger partial charge < -0.3 is 24.4 Å². The van der Waals surface area contributed by atoms with Crippen LogP contribution < -0.4 is 9.64 Å². The lowest BCUT2D eigenvalue weighted by Gasteiger charge is -2.30. The lowest BCUT2D eigenvalue weighted by molar-refractivity contribution is 0.0231. The summed E-state index contributed by atoms with van der Waals surface area (Å²) in [4.78, 5) is 32.8. The van der Waals surface area contributed by atoms with Gasteiger partial charge in [-0.3, -0.25) is 19.4 Å². The van der Waals surface area contributed by atoms with Gasteiger partial charge in [0.15, 0.2) is 11.5 Å². The summed E-state index contributed by atoms with van der Waals surface area (Å²) in [5.41, 5.74) is 1.77. The van der Waals surface area contributed by atoms with Crippen molar-refractivity contribution in [1.82, 2.24) is 34.5 Å². The molecule has 1 saturated carbocycles. The highest BCUT2D eigenvalue weighted by Crippen LogP contribution is 2.47. The summed E-state index contributed by atoms with van der Waals surface area (Å²) >= 11 is 0. The van der Waals surface area contributed by atoms with Crippen LogP contribution in [0.3, 0.4) is 0 Å². The predicted octanol–water partition coefficient (Wildman–Crippen LogP) is 5.19. The molecule has 0 radical (unpaired) electrons. The van der Waals surface area contributed by atoms with Gasteiger partial charge in [0.1, 0.15) is 28.6 Å². The minimum absolute atomic E-state index is 0.00944. The number of amides is 1. The molecule has 2 aliphatic heterocycles. The van der Waals surface area contributed by atoms with Crippen LogP contribution in [0.4, 0.5) is 14.6 Å². The van der Waals surface area contributed by atoms with Crippen molar-refractivity contribution in [2.24, 2.45) is 5.41 Å². The third-order valence-electron chi connectivity index (χ3n) is 10.5. The van der Waals surface area contributed by atoms with Crippen LogP contribution in [0, 0.1) is 17.0 Å². The van der Waals surface area contributed by atoms with Gasteiger partial charge in [-0.2, -0.15) is 15.1 Å². The van der Waals surface area contributed by atoms with E-state index < -0.39 is 11.6 Å². The van der Waals surface area contributed by atoms with E-state index in [1.807, 2.05) is 16.5 Å². The molecule has 12 nitrogen and oxygen atoms in total. The van der Waals surface area contributed by atoms with Crippen molar-refractivity contribution < 1.29 is 28.2 Å². The number of morpholine rings is 1. The van der Waals surface area contributed by atoms with Crippen molar-refractivity contribution >= 4 is 33.4 Å². The highest BCUT2D eigenvalue weighted by molar-refractivity contribution is 6.01. The molecule has 1 amide bonds. The van der Waals surface area contributed by atoms with Gasteiger partial charge in [0.25, 0.3) is 5.91 Å². The van der Waals surface area contributed by atoms with Crippen molar-refractivity contribution in [3.63, 3.8) is 0 Å². The number of benzene rings is 2. The number of anilines is 1. The summed E-state index contributed by atoms with van der Waals surface area (Å²) in [5.74, 6) is -0.964. The Bertz CT molecular complexity index is 2180. The number of halogens is 2. The largest absolute Gasteiger partial charge is 0.508 e. The number of carbonyl (C=O) groups is 1. The van der Waals surface area contributed by atoms with E-state index in [0.717, 1.165) is 38.2 Å². The molecule has 1 aliphatic carbocycles. The van der Waals surface area contributed by atoms with E-state index in [2.05, 4.69) is 20.0 Å². The van der Waals surface area contributed by atoms with Gasteiger partial charge >= 0.3 is 6.01 Å². The van der Waals surface area contributed by atoms with Crippen LogP contribution in [-0.2, 0) is 24.2 Å². The lowest BCUT2D eigenvalue weighted by Crippen LogP contribution is -2.41. The van der Waals surface area contributed by atoms with Gasteiger partial charge in [0.05, 0.1) is 37.4 Å². The monoisotopic (exact) mass is 712 g/mol. The second-order valence-electron chi connectivity index (χ2n) is 14.4. The van der Waals surface area contributed by atoms with E-state index in [1.165, 1.54) is 29.3 Å². The Morgan fingerprint density at radius 3 is 2.63 bits per heavy atom. The molecule has 0 unspecified atom stereocenters. The molecule has 8 rings (SSSR count). The van der Waals surface area contributed by atoms with E-state index >= 15 is 8.78 Å². The second-order valence-corrected chi connectivity index (χ2v) is 14.4. The Hall–Kier alpha value is -4.95. The molecule has 2 fully saturated rings. The van der Waals surface area contributed by atoms with Crippen molar-refractivity contribution in [3.05, 3.63) is 65.1 Å². The van der Waals surface area contributed by atoms with E-state index in [1.54, 1.807) is 26.2 Å². The minimum atomic E-state index is -0.725. The number of pyridine rings is 1. The van der Waals surface area contributed by atoms with Gasteiger partial charge in [-0.1, -0.05) is 13.0 Å². The minimum Gasteiger partial charge on any atom is -0.508 e. The third kappa shape index (κ3) is 6.38. The number of phenols is 1. The number of ether oxygens (including phenoxy) is 2. The first kappa shape index (κ1) is 34.2. The Labute approximate surface area is 300 Å². The van der Waals surface area contributed by atoms with Crippen molar-refractivity contribution in [2.75, 3.05) is 65.0 Å². The molecule has 14 heteroatoms. The van der Waals surface area contributed by atoms with Gasteiger partial charge in [0.2, 0.25) is 0 Å². The lowest BCUT2D eigenvalue weighted by atomic mass is 9.94. The number of rotatable bonds is 9. The summed E-state index contributed by atoms with van der Waals surface area (Å²) in [6, 6.07) is 7.73. The zero-order chi connectivity index (χ0) is 36.1. The molecule has 1 N–H and O–H groups in total. The third-order valence-corrected chi connectivity index (χ3v) is 10.5. The SMILES string of the molecule is CCc1c(F)ccc2cc(O)cc(-c3ncc4c(N5CCCn6nc(C(=O)N(C)C)cc6C5)nc(OCC5(CN6CCOCC6)CC5)nc4c3F)c12. The van der Waals surface area contributed by atoms with Gasteiger partial charge in [-0.15, -0.1) is 0 Å². The summed E-state index contributed by atoms with van der Waals surface area (Å²) in [6.45, 7) is 7.81. The average Bonchev–Trinajstić information content (AvgIpc) is 3.84. The highest BCUT2D eigenvalue weighted by Gasteiger charge is 2.45. The first-order valence-electron chi connectivity index (χ1n) is 17.9. The molecule has 0 atom stereocenters. The number of aromatic nitrogens is 5.